The summed E-state index contributed by atoms with van der Waals surface area (Å²) in [7, 11) is 0. The van der Waals surface area contributed by atoms with Crippen molar-refractivity contribution in [1.82, 2.24) is 15.0 Å². The van der Waals surface area contributed by atoms with Gasteiger partial charge < -0.3 is 4.74 Å². The smallest absolute Gasteiger partial charge is 0.165 e. The molecule has 7 aromatic carbocycles. The first kappa shape index (κ1) is 26.8. The van der Waals surface area contributed by atoms with Gasteiger partial charge in [-0.15, -0.1) is 0 Å². The van der Waals surface area contributed by atoms with E-state index in [0.717, 1.165) is 55.7 Å². The summed E-state index contributed by atoms with van der Waals surface area (Å²) < 4.78 is 6.59. The van der Waals surface area contributed by atoms with Crippen LogP contribution in [0.1, 0.15) is 22.3 Å². The second-order valence-electron chi connectivity index (χ2n) is 12.3. The van der Waals surface area contributed by atoms with Gasteiger partial charge in [0.1, 0.15) is 11.5 Å². The van der Waals surface area contributed by atoms with E-state index in [0.29, 0.717) is 17.5 Å². The minimum Gasteiger partial charge on any atom is -0.457 e. The van der Waals surface area contributed by atoms with E-state index >= 15 is 0 Å². The van der Waals surface area contributed by atoms with E-state index in [-0.39, 0.29) is 0 Å². The minimum atomic E-state index is -0.603. The van der Waals surface area contributed by atoms with E-state index < -0.39 is 5.41 Å². The van der Waals surface area contributed by atoms with Crippen molar-refractivity contribution in [1.29, 1.82) is 0 Å². The van der Waals surface area contributed by atoms with Crippen molar-refractivity contribution in [3.63, 3.8) is 0 Å². The van der Waals surface area contributed by atoms with Crippen LogP contribution >= 0.6 is 0 Å². The summed E-state index contributed by atoms with van der Waals surface area (Å²) in [6.07, 6.45) is 0. The average molecular weight is 614 g/mol. The molecule has 4 nitrogen and oxygen atoms in total. The fraction of sp³-hybridized carbons (Fsp3) is 0.0227. The number of hydrogen-bond donors (Lipinski definition) is 0. The predicted octanol–water partition coefficient (Wildman–Crippen LogP) is 10.5. The van der Waals surface area contributed by atoms with Crippen molar-refractivity contribution in [2.45, 2.75) is 5.41 Å². The molecular formula is C44H27N3O. The van der Waals surface area contributed by atoms with Gasteiger partial charge in [-0.2, -0.15) is 0 Å². The highest BCUT2D eigenvalue weighted by Gasteiger charge is 2.52. The first-order chi connectivity index (χ1) is 23.8. The van der Waals surface area contributed by atoms with Crippen LogP contribution in [0.25, 0.3) is 56.1 Å². The van der Waals surface area contributed by atoms with Gasteiger partial charge in [-0.1, -0.05) is 146 Å². The highest BCUT2D eigenvalue weighted by atomic mass is 16.5. The van der Waals surface area contributed by atoms with Crippen molar-refractivity contribution in [2.75, 3.05) is 0 Å². The van der Waals surface area contributed by atoms with Crippen molar-refractivity contribution in [2.24, 2.45) is 0 Å². The zero-order valence-electron chi connectivity index (χ0n) is 25.8. The fourth-order valence-corrected chi connectivity index (χ4v) is 7.82. The molecule has 0 unspecified atom stereocenters. The summed E-state index contributed by atoms with van der Waals surface area (Å²) in [4.78, 5) is 15.6. The Morgan fingerprint density at radius 3 is 1.54 bits per heavy atom. The van der Waals surface area contributed by atoms with Crippen LogP contribution in [0, 0.1) is 0 Å². The number of nitrogens with zero attached hydrogens (tertiary/aromatic N) is 3. The van der Waals surface area contributed by atoms with Crippen LogP contribution in [0.15, 0.2) is 164 Å². The van der Waals surface area contributed by atoms with E-state index in [2.05, 4.69) is 127 Å². The Morgan fingerprint density at radius 1 is 0.396 bits per heavy atom. The molecule has 4 heteroatoms. The molecule has 1 aliphatic carbocycles. The van der Waals surface area contributed by atoms with E-state index in [9.17, 15) is 0 Å². The first-order valence-corrected chi connectivity index (χ1v) is 16.2. The van der Waals surface area contributed by atoms with Gasteiger partial charge in [0, 0.05) is 27.8 Å². The van der Waals surface area contributed by atoms with E-state index in [1.54, 1.807) is 0 Å². The van der Waals surface area contributed by atoms with Crippen LogP contribution in [0.3, 0.4) is 0 Å². The second kappa shape index (κ2) is 10.3. The largest absolute Gasteiger partial charge is 0.457 e. The Balaban J connectivity index is 1.38. The van der Waals surface area contributed by atoms with Gasteiger partial charge in [0.25, 0.3) is 0 Å². The number of fused-ring (bicyclic) bond motifs is 10. The number of aromatic nitrogens is 3. The molecule has 0 atom stereocenters. The zero-order valence-corrected chi connectivity index (χ0v) is 25.8. The number of ether oxygens (including phenoxy) is 1. The lowest BCUT2D eigenvalue weighted by atomic mass is 9.66. The van der Waals surface area contributed by atoms with Gasteiger partial charge in [0.2, 0.25) is 0 Å². The maximum atomic E-state index is 6.59. The van der Waals surface area contributed by atoms with Crippen molar-refractivity contribution in [3.05, 3.63) is 186 Å². The van der Waals surface area contributed by atoms with Gasteiger partial charge in [0.15, 0.2) is 17.5 Å². The lowest BCUT2D eigenvalue weighted by Crippen LogP contribution is -2.32. The van der Waals surface area contributed by atoms with Gasteiger partial charge >= 0.3 is 0 Å². The lowest BCUT2D eigenvalue weighted by Gasteiger charge is -2.39. The maximum absolute atomic E-state index is 6.59. The van der Waals surface area contributed by atoms with Crippen LogP contribution in [-0.4, -0.2) is 15.0 Å². The third-order valence-corrected chi connectivity index (χ3v) is 9.78. The fourth-order valence-electron chi connectivity index (χ4n) is 7.82. The molecule has 8 aromatic rings. The molecule has 1 spiro atoms. The van der Waals surface area contributed by atoms with Crippen LogP contribution in [-0.2, 0) is 5.41 Å². The van der Waals surface area contributed by atoms with Crippen LogP contribution in [0.2, 0.25) is 0 Å². The molecule has 0 N–H and O–H groups in total. The molecule has 2 heterocycles. The highest BCUT2D eigenvalue weighted by molar-refractivity contribution is 6.08. The van der Waals surface area contributed by atoms with E-state index in [4.69, 9.17) is 19.7 Å². The van der Waals surface area contributed by atoms with Crippen LogP contribution < -0.4 is 4.74 Å². The van der Waals surface area contributed by atoms with E-state index in [1.807, 2.05) is 36.4 Å². The van der Waals surface area contributed by atoms with Crippen molar-refractivity contribution < 1.29 is 4.74 Å². The number of benzene rings is 7. The van der Waals surface area contributed by atoms with Crippen LogP contribution in [0.5, 0.6) is 11.5 Å². The lowest BCUT2D eigenvalue weighted by molar-refractivity contribution is 0.436. The summed E-state index contributed by atoms with van der Waals surface area (Å²) >= 11 is 0. The maximum Gasteiger partial charge on any atom is 0.165 e. The van der Waals surface area contributed by atoms with Crippen LogP contribution in [0.4, 0.5) is 0 Å². The highest BCUT2D eigenvalue weighted by Crippen LogP contribution is 2.64. The standard InChI is InChI=1S/C44H27N3O/c1-3-15-28(16-4-1)41-45-42(29-17-5-2-6-18-29)47-43(46-41)40-31-20-8-7-19-30(31)27-36-39(40)32-21-9-10-22-33(32)44(36)34-23-11-13-25-37(34)48-38-26-14-12-24-35(38)44/h1-27H. The molecule has 0 saturated carbocycles. The molecule has 0 radical (unpaired) electrons. The third-order valence-electron chi connectivity index (χ3n) is 9.78. The molecule has 1 aliphatic heterocycles. The molecule has 1 aromatic heterocycles. The predicted molar refractivity (Wildman–Crippen MR) is 191 cm³/mol. The molecule has 0 fully saturated rings. The molecule has 224 valence electrons. The molecule has 0 bridgehead atoms. The first-order valence-electron chi connectivity index (χ1n) is 16.2. The molecule has 0 saturated heterocycles. The number of rotatable bonds is 3. The zero-order chi connectivity index (χ0) is 31.7. The van der Waals surface area contributed by atoms with Crippen molar-refractivity contribution in [3.8, 4) is 56.8 Å². The topological polar surface area (TPSA) is 47.9 Å². The Kier molecular flexibility index (Phi) is 5.75. The molecule has 48 heavy (non-hydrogen) atoms. The summed E-state index contributed by atoms with van der Waals surface area (Å²) in [5.74, 6) is 3.67. The van der Waals surface area contributed by atoms with E-state index in [1.165, 1.54) is 16.7 Å². The molecular weight excluding hydrogens is 587 g/mol. The Hall–Kier alpha value is -6.39. The average Bonchev–Trinajstić information content (AvgIpc) is 3.44. The van der Waals surface area contributed by atoms with Crippen molar-refractivity contribution >= 4 is 10.8 Å². The SMILES string of the molecule is c1ccc(-c2nc(-c3ccccc3)nc(-c3c4c(cc5ccccc35)C3(c5ccccc5Oc5ccccc53)c3ccccc3-4)n2)cc1. The minimum absolute atomic E-state index is 0.603. The third kappa shape index (κ3) is 3.74. The summed E-state index contributed by atoms with van der Waals surface area (Å²) in [5.41, 5.74) is 9.27. The Bertz CT molecular complexity index is 2440. The van der Waals surface area contributed by atoms with Gasteiger partial charge in [-0.05, 0) is 51.2 Å². The van der Waals surface area contributed by atoms with Gasteiger partial charge in [0.05, 0.1) is 5.41 Å². The summed E-state index contributed by atoms with van der Waals surface area (Å²) in [6, 6.07) is 57.1. The molecule has 10 rings (SSSR count). The Labute approximate surface area is 278 Å². The van der Waals surface area contributed by atoms with Gasteiger partial charge in [-0.3, -0.25) is 0 Å². The monoisotopic (exact) mass is 613 g/mol. The quantitative estimate of drug-likeness (QED) is 0.199. The number of hydrogen-bond acceptors (Lipinski definition) is 4. The normalized spacial score (nSPS) is 13.3. The second-order valence-corrected chi connectivity index (χ2v) is 12.3. The van der Waals surface area contributed by atoms with Gasteiger partial charge in [-0.25, -0.2) is 15.0 Å². The molecule has 2 aliphatic rings. The Morgan fingerprint density at radius 2 is 0.896 bits per heavy atom. The number of para-hydroxylation sites is 2. The summed E-state index contributed by atoms with van der Waals surface area (Å²) in [6.45, 7) is 0. The summed E-state index contributed by atoms with van der Waals surface area (Å²) in [5, 5.41) is 2.23. The molecule has 0 amide bonds.